The molecule has 0 bridgehead atoms. The maximum absolute atomic E-state index is 14.4. The smallest absolute Gasteiger partial charge is 0.338 e. The third-order valence-electron chi connectivity index (χ3n) is 8.50. The summed E-state index contributed by atoms with van der Waals surface area (Å²) in [5.74, 6) is 1.20. The average molecular weight is 678 g/mol. The van der Waals surface area contributed by atoms with Gasteiger partial charge in [-0.25, -0.2) is 9.79 Å². The molecular formula is C38H35N3O7S. The molecule has 1 atom stereocenters. The number of benzene rings is 3. The third-order valence-corrected chi connectivity index (χ3v) is 9.48. The molecule has 1 aliphatic heterocycles. The predicted octanol–water partition coefficient (Wildman–Crippen LogP) is 6.85. The van der Waals surface area contributed by atoms with Crippen molar-refractivity contribution in [1.82, 2.24) is 4.57 Å². The number of furan rings is 1. The van der Waals surface area contributed by atoms with Crippen LogP contribution in [0.3, 0.4) is 0 Å². The molecular weight excluding hydrogens is 642 g/mol. The number of fused-ring (bicyclic) bond motifs is 1. The maximum atomic E-state index is 14.4. The molecule has 3 aromatic carbocycles. The first-order chi connectivity index (χ1) is 23.5. The zero-order valence-corrected chi connectivity index (χ0v) is 28.8. The number of hydrogen-bond acceptors (Lipinski definition) is 9. The summed E-state index contributed by atoms with van der Waals surface area (Å²) in [5, 5.41) is 11.2. The van der Waals surface area contributed by atoms with E-state index in [2.05, 4.69) is 13.8 Å². The number of hydrogen-bond donors (Lipinski definition) is 0. The second kappa shape index (κ2) is 13.5. The number of esters is 1. The van der Waals surface area contributed by atoms with E-state index in [0.717, 1.165) is 28.0 Å². The van der Waals surface area contributed by atoms with Gasteiger partial charge in [-0.3, -0.25) is 19.5 Å². The van der Waals surface area contributed by atoms with E-state index in [0.29, 0.717) is 37.7 Å². The van der Waals surface area contributed by atoms with Gasteiger partial charge in [-0.05, 0) is 79.3 Å². The van der Waals surface area contributed by atoms with Gasteiger partial charge < -0.3 is 13.9 Å². The second-order valence-electron chi connectivity index (χ2n) is 12.0. The Bertz CT molecular complexity index is 2310. The van der Waals surface area contributed by atoms with Crippen LogP contribution in [0.15, 0.2) is 92.6 Å². The molecule has 0 aliphatic carbocycles. The van der Waals surface area contributed by atoms with Gasteiger partial charge >= 0.3 is 5.97 Å². The number of aryl methyl sites for hydroxylation is 2. The van der Waals surface area contributed by atoms with Crippen LogP contribution in [0.25, 0.3) is 23.1 Å². The summed E-state index contributed by atoms with van der Waals surface area (Å²) in [7, 11) is 1.63. The van der Waals surface area contributed by atoms with Crippen molar-refractivity contribution in [2.75, 3.05) is 13.7 Å². The van der Waals surface area contributed by atoms with Crippen LogP contribution in [0.5, 0.6) is 5.75 Å². The number of carbonyl (C=O) groups is 1. The standard InChI is InChI=1S/C38H35N3O7S/c1-7-47-37(43)33-34(24-11-9-8-10-12-24)39-38-40(35(33)29-20-28(21(2)3)31(46-6)18-23(29)5)36(42)32(49-38)19-26-14-16-30(48-26)27-15-13-25(41(44)45)17-22(27)4/h8-21,35H,7H2,1-6H3/b32-19-. The van der Waals surface area contributed by atoms with Gasteiger partial charge in [0.05, 0.1) is 40.5 Å². The molecule has 0 radical (unpaired) electrons. The molecule has 2 aromatic heterocycles. The molecule has 1 unspecified atom stereocenters. The molecule has 0 N–H and O–H groups in total. The minimum absolute atomic E-state index is 0.00614. The molecule has 0 fully saturated rings. The van der Waals surface area contributed by atoms with Crippen LogP contribution >= 0.6 is 11.3 Å². The lowest BCUT2D eigenvalue weighted by atomic mass is 9.87. The SMILES string of the molecule is CCOC(=O)C1=C(c2ccccc2)N=c2s/c(=C\c3ccc(-c4ccc([N+](=O)[O-])cc4C)o3)c(=O)n2C1c1cc(C(C)C)c(OC)cc1C. The molecule has 11 heteroatoms. The maximum Gasteiger partial charge on any atom is 0.338 e. The first-order valence-corrected chi connectivity index (χ1v) is 16.7. The van der Waals surface area contributed by atoms with Crippen LogP contribution < -0.4 is 19.6 Å². The molecule has 0 spiro atoms. The summed E-state index contributed by atoms with van der Waals surface area (Å²) in [6.45, 7) is 9.74. The molecule has 0 saturated heterocycles. The molecule has 5 aromatic rings. The van der Waals surface area contributed by atoms with Gasteiger partial charge in [-0.1, -0.05) is 55.5 Å². The highest BCUT2D eigenvalue weighted by Gasteiger charge is 2.36. The lowest BCUT2D eigenvalue weighted by molar-refractivity contribution is -0.384. The molecule has 6 rings (SSSR count). The Morgan fingerprint density at radius 2 is 1.84 bits per heavy atom. The number of carbonyl (C=O) groups excluding carboxylic acids is 1. The van der Waals surface area contributed by atoms with Crippen LogP contribution in [0.2, 0.25) is 0 Å². The Morgan fingerprint density at radius 3 is 2.49 bits per heavy atom. The number of rotatable bonds is 9. The van der Waals surface area contributed by atoms with E-state index in [4.69, 9.17) is 18.9 Å². The Hall–Kier alpha value is -5.55. The number of nitrogens with zero attached hydrogens (tertiary/aromatic N) is 3. The number of thiazole rings is 1. The van der Waals surface area contributed by atoms with Crippen LogP contribution in [-0.2, 0) is 9.53 Å². The summed E-state index contributed by atoms with van der Waals surface area (Å²) in [4.78, 5) is 44.5. The summed E-state index contributed by atoms with van der Waals surface area (Å²) in [5.41, 5.74) is 5.01. The fourth-order valence-corrected chi connectivity index (χ4v) is 7.10. The fourth-order valence-electron chi connectivity index (χ4n) is 6.12. The molecule has 1 aliphatic rings. The fraction of sp³-hybridized carbons (Fsp3) is 0.237. The van der Waals surface area contributed by atoms with Gasteiger partial charge in [0, 0.05) is 29.3 Å². The number of nitro benzene ring substituents is 1. The highest BCUT2D eigenvalue weighted by molar-refractivity contribution is 7.07. The molecule has 250 valence electrons. The first-order valence-electron chi connectivity index (χ1n) is 15.8. The minimum atomic E-state index is -0.842. The van der Waals surface area contributed by atoms with Gasteiger partial charge in [0.25, 0.3) is 11.2 Å². The summed E-state index contributed by atoms with van der Waals surface area (Å²) in [6.07, 6.45) is 1.65. The van der Waals surface area contributed by atoms with Crippen molar-refractivity contribution in [1.29, 1.82) is 0 Å². The van der Waals surface area contributed by atoms with Crippen molar-refractivity contribution in [3.05, 3.63) is 142 Å². The van der Waals surface area contributed by atoms with Crippen LogP contribution in [0.4, 0.5) is 5.69 Å². The lowest BCUT2D eigenvalue weighted by Gasteiger charge is -2.28. The Kier molecular flexibility index (Phi) is 9.20. The highest BCUT2D eigenvalue weighted by atomic mass is 32.1. The van der Waals surface area contributed by atoms with Crippen molar-refractivity contribution in [2.24, 2.45) is 4.99 Å². The van der Waals surface area contributed by atoms with Crippen molar-refractivity contribution >= 4 is 34.8 Å². The van der Waals surface area contributed by atoms with Gasteiger partial charge in [0.15, 0.2) is 4.80 Å². The Labute approximate surface area is 286 Å². The molecule has 0 saturated carbocycles. The van der Waals surface area contributed by atoms with E-state index in [-0.39, 0.29) is 29.3 Å². The van der Waals surface area contributed by atoms with Gasteiger partial charge in [-0.15, -0.1) is 0 Å². The Balaban J connectivity index is 1.59. The second-order valence-corrected chi connectivity index (χ2v) is 13.0. The van der Waals surface area contributed by atoms with E-state index in [1.807, 2.05) is 49.4 Å². The first kappa shape index (κ1) is 33.4. The third kappa shape index (κ3) is 6.25. The lowest BCUT2D eigenvalue weighted by Crippen LogP contribution is -2.40. The monoisotopic (exact) mass is 677 g/mol. The topological polar surface area (TPSA) is 126 Å². The minimum Gasteiger partial charge on any atom is -0.496 e. The summed E-state index contributed by atoms with van der Waals surface area (Å²) in [6, 6.07) is 20.6. The van der Waals surface area contributed by atoms with Crippen LogP contribution in [-0.4, -0.2) is 29.2 Å². The molecule has 0 amide bonds. The number of methoxy groups -OCH3 is 1. The highest BCUT2D eigenvalue weighted by Crippen LogP contribution is 2.40. The largest absolute Gasteiger partial charge is 0.496 e. The number of aromatic nitrogens is 1. The normalized spacial score (nSPS) is 14.5. The van der Waals surface area contributed by atoms with Crippen LogP contribution in [0.1, 0.15) is 66.3 Å². The summed E-state index contributed by atoms with van der Waals surface area (Å²) >= 11 is 1.20. The van der Waals surface area contributed by atoms with Gasteiger partial charge in [-0.2, -0.15) is 0 Å². The van der Waals surface area contributed by atoms with E-state index in [9.17, 15) is 19.7 Å². The Morgan fingerprint density at radius 1 is 1.08 bits per heavy atom. The molecule has 3 heterocycles. The zero-order valence-electron chi connectivity index (χ0n) is 28.0. The van der Waals surface area contributed by atoms with E-state index in [1.165, 1.54) is 23.5 Å². The molecule has 49 heavy (non-hydrogen) atoms. The number of non-ortho nitro benzene ring substituents is 1. The van der Waals surface area contributed by atoms with Crippen molar-refractivity contribution in [3.8, 4) is 17.1 Å². The van der Waals surface area contributed by atoms with E-state index >= 15 is 0 Å². The number of ether oxygens (including phenoxy) is 2. The van der Waals surface area contributed by atoms with Crippen molar-refractivity contribution in [3.63, 3.8) is 0 Å². The van der Waals surface area contributed by atoms with Crippen molar-refractivity contribution in [2.45, 2.75) is 46.6 Å². The average Bonchev–Trinajstić information content (AvgIpc) is 3.67. The molecule has 10 nitrogen and oxygen atoms in total. The van der Waals surface area contributed by atoms with Gasteiger partial charge in [0.1, 0.15) is 17.3 Å². The van der Waals surface area contributed by atoms with Crippen LogP contribution in [0, 0.1) is 24.0 Å². The summed E-state index contributed by atoms with van der Waals surface area (Å²) < 4.78 is 19.4. The quantitative estimate of drug-likeness (QED) is 0.0949. The zero-order chi connectivity index (χ0) is 35.0. The van der Waals surface area contributed by atoms with Gasteiger partial charge in [0.2, 0.25) is 0 Å². The van der Waals surface area contributed by atoms with Crippen molar-refractivity contribution < 1.29 is 23.6 Å². The van der Waals surface area contributed by atoms with E-state index < -0.39 is 16.9 Å². The predicted molar refractivity (Wildman–Crippen MR) is 188 cm³/mol. The number of nitro groups is 1. The van der Waals surface area contributed by atoms with E-state index in [1.54, 1.807) is 49.8 Å².